The van der Waals surface area contributed by atoms with Crippen LogP contribution in [-0.2, 0) is 0 Å². The second-order valence-corrected chi connectivity index (χ2v) is 5.63. The fourth-order valence-corrected chi connectivity index (χ4v) is 2.77. The molecule has 0 aliphatic carbocycles. The number of anilines is 2. The molecule has 0 N–H and O–H groups in total. The van der Waals surface area contributed by atoms with Crippen LogP contribution in [0.25, 0.3) is 0 Å². The van der Waals surface area contributed by atoms with Crippen LogP contribution in [0.15, 0.2) is 84.9 Å². The van der Waals surface area contributed by atoms with E-state index in [1.54, 1.807) is 0 Å². The summed E-state index contributed by atoms with van der Waals surface area (Å²) in [4.78, 5) is 2.38. The summed E-state index contributed by atoms with van der Waals surface area (Å²) < 4.78 is 0. The van der Waals surface area contributed by atoms with Crippen molar-refractivity contribution in [2.75, 3.05) is 4.90 Å². The average Bonchev–Trinajstić information content (AvgIpc) is 2.57. The van der Waals surface area contributed by atoms with Gasteiger partial charge in [-0.25, -0.2) is 0 Å². The van der Waals surface area contributed by atoms with Crippen molar-refractivity contribution >= 4 is 11.4 Å². The molecule has 110 valence electrons. The van der Waals surface area contributed by atoms with E-state index in [9.17, 15) is 0 Å². The van der Waals surface area contributed by atoms with E-state index < -0.39 is 0 Å². The molecule has 3 rings (SSSR count). The quantitative estimate of drug-likeness (QED) is 0.578. The normalized spacial score (nSPS) is 11.9. The first-order valence-corrected chi connectivity index (χ1v) is 7.71. The molecule has 0 spiro atoms. The summed E-state index contributed by atoms with van der Waals surface area (Å²) in [6, 6.07) is 30.2. The average molecular weight is 287 g/mol. The molecule has 0 bridgehead atoms. The fourth-order valence-electron chi connectivity index (χ4n) is 2.77. The van der Waals surface area contributed by atoms with Crippen molar-refractivity contribution in [1.82, 2.24) is 0 Å². The largest absolute Gasteiger partial charge is 0.334 e. The van der Waals surface area contributed by atoms with Gasteiger partial charge in [0, 0.05) is 11.4 Å². The number of para-hydroxylation sites is 2. The highest BCUT2D eigenvalue weighted by atomic mass is 15.2. The summed E-state index contributed by atoms with van der Waals surface area (Å²) in [6.45, 7) is 4.38. The Hall–Kier alpha value is -2.54. The van der Waals surface area contributed by atoms with Crippen molar-refractivity contribution < 1.29 is 0 Å². The molecular formula is C21H21N. The van der Waals surface area contributed by atoms with Gasteiger partial charge in [-0.2, -0.15) is 0 Å². The Morgan fingerprint density at radius 3 is 1.55 bits per heavy atom. The molecule has 0 saturated carbocycles. The number of hydrogen-bond donors (Lipinski definition) is 0. The summed E-state index contributed by atoms with van der Waals surface area (Å²) in [5.41, 5.74) is 5.03. The van der Waals surface area contributed by atoms with Gasteiger partial charge in [0.25, 0.3) is 0 Å². The SMILES string of the molecule is Cc1ccc(C(C)N(c2ccccc2)c2ccccc2)cc1. The third-order valence-corrected chi connectivity index (χ3v) is 4.02. The molecule has 22 heavy (non-hydrogen) atoms. The molecule has 0 radical (unpaired) electrons. The Morgan fingerprint density at radius 1 is 0.636 bits per heavy atom. The molecule has 0 heterocycles. The first-order chi connectivity index (χ1) is 10.8. The number of aryl methyl sites for hydroxylation is 1. The number of benzene rings is 3. The summed E-state index contributed by atoms with van der Waals surface area (Å²) in [5, 5.41) is 0. The lowest BCUT2D eigenvalue weighted by Crippen LogP contribution is -2.21. The molecule has 0 aliphatic rings. The molecule has 1 nitrogen and oxygen atoms in total. The third kappa shape index (κ3) is 3.04. The predicted octanol–water partition coefficient (Wildman–Crippen LogP) is 5.89. The summed E-state index contributed by atoms with van der Waals surface area (Å²) in [6.07, 6.45) is 0. The van der Waals surface area contributed by atoms with E-state index in [0.29, 0.717) is 0 Å². The van der Waals surface area contributed by atoms with Crippen molar-refractivity contribution in [2.24, 2.45) is 0 Å². The first kappa shape index (κ1) is 14.4. The van der Waals surface area contributed by atoms with Crippen LogP contribution in [0.3, 0.4) is 0 Å². The Kier molecular flexibility index (Phi) is 4.24. The van der Waals surface area contributed by atoms with Gasteiger partial charge in [-0.15, -0.1) is 0 Å². The fraction of sp³-hybridized carbons (Fsp3) is 0.143. The number of hydrogen-bond acceptors (Lipinski definition) is 1. The summed E-state index contributed by atoms with van der Waals surface area (Å²) in [5.74, 6) is 0. The smallest absolute Gasteiger partial charge is 0.0563 e. The number of nitrogens with zero attached hydrogens (tertiary/aromatic N) is 1. The maximum Gasteiger partial charge on any atom is 0.0563 e. The van der Waals surface area contributed by atoms with Gasteiger partial charge in [-0.3, -0.25) is 0 Å². The predicted molar refractivity (Wildman–Crippen MR) is 94.6 cm³/mol. The van der Waals surface area contributed by atoms with Crippen LogP contribution in [0.4, 0.5) is 11.4 Å². The van der Waals surface area contributed by atoms with E-state index in [1.165, 1.54) is 22.5 Å². The minimum atomic E-state index is 0.269. The van der Waals surface area contributed by atoms with E-state index in [0.717, 1.165) is 0 Å². The maximum atomic E-state index is 2.38. The van der Waals surface area contributed by atoms with Crippen LogP contribution in [0.1, 0.15) is 24.1 Å². The molecule has 0 fully saturated rings. The second kappa shape index (κ2) is 6.48. The molecule has 0 saturated heterocycles. The molecule has 1 atom stereocenters. The highest BCUT2D eigenvalue weighted by molar-refractivity contribution is 5.64. The van der Waals surface area contributed by atoms with Crippen molar-refractivity contribution in [1.29, 1.82) is 0 Å². The zero-order valence-electron chi connectivity index (χ0n) is 13.1. The molecular weight excluding hydrogens is 266 g/mol. The van der Waals surface area contributed by atoms with Crippen LogP contribution in [0, 0.1) is 6.92 Å². The van der Waals surface area contributed by atoms with Gasteiger partial charge in [-0.05, 0) is 43.7 Å². The van der Waals surface area contributed by atoms with E-state index in [2.05, 4.69) is 104 Å². The van der Waals surface area contributed by atoms with Crippen molar-refractivity contribution in [3.63, 3.8) is 0 Å². The molecule has 0 aliphatic heterocycles. The van der Waals surface area contributed by atoms with Gasteiger partial charge < -0.3 is 4.90 Å². The van der Waals surface area contributed by atoms with Crippen molar-refractivity contribution in [2.45, 2.75) is 19.9 Å². The number of rotatable bonds is 4. The zero-order chi connectivity index (χ0) is 15.4. The molecule has 0 aromatic heterocycles. The molecule has 1 heteroatoms. The molecule has 3 aromatic carbocycles. The third-order valence-electron chi connectivity index (χ3n) is 4.02. The van der Waals surface area contributed by atoms with Crippen LogP contribution in [0.2, 0.25) is 0 Å². The second-order valence-electron chi connectivity index (χ2n) is 5.63. The zero-order valence-corrected chi connectivity index (χ0v) is 13.1. The van der Waals surface area contributed by atoms with Gasteiger partial charge in [0.2, 0.25) is 0 Å². The van der Waals surface area contributed by atoms with E-state index in [4.69, 9.17) is 0 Å². The molecule has 1 unspecified atom stereocenters. The van der Waals surface area contributed by atoms with Crippen LogP contribution >= 0.6 is 0 Å². The monoisotopic (exact) mass is 287 g/mol. The Labute approximate surface area is 132 Å². The highest BCUT2D eigenvalue weighted by Gasteiger charge is 2.17. The molecule has 3 aromatic rings. The van der Waals surface area contributed by atoms with Crippen molar-refractivity contribution in [3.05, 3.63) is 96.1 Å². The van der Waals surface area contributed by atoms with Crippen LogP contribution in [-0.4, -0.2) is 0 Å². The van der Waals surface area contributed by atoms with Crippen molar-refractivity contribution in [3.8, 4) is 0 Å². The Morgan fingerprint density at radius 2 is 1.09 bits per heavy atom. The lowest BCUT2D eigenvalue weighted by molar-refractivity contribution is 0.773. The topological polar surface area (TPSA) is 3.24 Å². The summed E-state index contributed by atoms with van der Waals surface area (Å²) in [7, 11) is 0. The van der Waals surface area contributed by atoms with E-state index >= 15 is 0 Å². The lowest BCUT2D eigenvalue weighted by atomic mass is 10.0. The van der Waals surface area contributed by atoms with Crippen LogP contribution in [0.5, 0.6) is 0 Å². The Balaban J connectivity index is 2.04. The molecule has 0 amide bonds. The van der Waals surface area contributed by atoms with E-state index in [-0.39, 0.29) is 6.04 Å². The van der Waals surface area contributed by atoms with Gasteiger partial charge in [0.1, 0.15) is 0 Å². The van der Waals surface area contributed by atoms with E-state index in [1.807, 2.05) is 0 Å². The lowest BCUT2D eigenvalue weighted by Gasteiger charge is -2.32. The van der Waals surface area contributed by atoms with Gasteiger partial charge >= 0.3 is 0 Å². The van der Waals surface area contributed by atoms with Crippen LogP contribution < -0.4 is 4.90 Å². The first-order valence-electron chi connectivity index (χ1n) is 7.71. The van der Waals surface area contributed by atoms with Gasteiger partial charge in [0.05, 0.1) is 6.04 Å². The standard InChI is InChI=1S/C21H21N/c1-17-13-15-19(16-14-17)18(2)22(20-9-5-3-6-10-20)21-11-7-4-8-12-21/h3-16,18H,1-2H3. The summed E-state index contributed by atoms with van der Waals surface area (Å²) >= 11 is 0. The van der Waals surface area contributed by atoms with Gasteiger partial charge in [-0.1, -0.05) is 66.2 Å². The Bertz CT molecular complexity index is 662. The highest BCUT2D eigenvalue weighted by Crippen LogP contribution is 2.34. The van der Waals surface area contributed by atoms with Gasteiger partial charge in [0.15, 0.2) is 0 Å². The minimum absolute atomic E-state index is 0.269. The minimum Gasteiger partial charge on any atom is -0.334 e. The maximum absolute atomic E-state index is 2.38.